The van der Waals surface area contributed by atoms with E-state index >= 15 is 0 Å². The van der Waals surface area contributed by atoms with Gasteiger partial charge in [0.05, 0.1) is 25.6 Å². The van der Waals surface area contributed by atoms with Gasteiger partial charge in [0.25, 0.3) is 0 Å². The van der Waals surface area contributed by atoms with Gasteiger partial charge in [-0.1, -0.05) is 30.3 Å². The Hall–Kier alpha value is -3.08. The molecule has 0 N–H and O–H groups in total. The van der Waals surface area contributed by atoms with Gasteiger partial charge in [0.15, 0.2) is 5.78 Å². The van der Waals surface area contributed by atoms with Crippen LogP contribution in [0, 0.1) is 0 Å². The van der Waals surface area contributed by atoms with Crippen LogP contribution in [0.5, 0.6) is 0 Å². The number of ketones is 1. The van der Waals surface area contributed by atoms with Crippen LogP contribution in [0.15, 0.2) is 65.3 Å². The summed E-state index contributed by atoms with van der Waals surface area (Å²) in [7, 11) is 1.31. The Bertz CT molecular complexity index is 816. The lowest BCUT2D eigenvalue weighted by molar-refractivity contribution is 0.0588. The number of nitrogens with zero attached hydrogens (tertiary/aromatic N) is 1. The molecule has 0 aliphatic rings. The first-order chi connectivity index (χ1) is 11.2. The first-order valence-electron chi connectivity index (χ1n) is 7.10. The topological polar surface area (TPSA) is 61.4 Å². The third-order valence-corrected chi connectivity index (χ3v) is 3.55. The predicted octanol–water partition coefficient (Wildman–Crippen LogP) is 3.42. The Kier molecular flexibility index (Phi) is 4.10. The van der Waals surface area contributed by atoms with Crippen molar-refractivity contribution in [3.05, 3.63) is 72.1 Å². The zero-order chi connectivity index (χ0) is 16.2. The molecule has 0 spiro atoms. The van der Waals surface area contributed by atoms with Crippen molar-refractivity contribution in [1.82, 2.24) is 4.57 Å². The highest BCUT2D eigenvalue weighted by molar-refractivity contribution is 5.97. The van der Waals surface area contributed by atoms with Crippen molar-refractivity contribution in [1.29, 1.82) is 0 Å². The SMILES string of the molecule is COC(=O)c1ccc(-c2ccco2)n1CC(=O)c1ccccc1. The quantitative estimate of drug-likeness (QED) is 0.535. The Balaban J connectivity index is 2.00. The van der Waals surface area contributed by atoms with Crippen molar-refractivity contribution < 1.29 is 18.7 Å². The Labute approximate surface area is 133 Å². The normalized spacial score (nSPS) is 10.5. The van der Waals surface area contributed by atoms with Crippen molar-refractivity contribution in [2.24, 2.45) is 0 Å². The third-order valence-electron chi connectivity index (χ3n) is 3.55. The molecule has 0 aliphatic heterocycles. The van der Waals surface area contributed by atoms with Crippen LogP contribution in [-0.2, 0) is 11.3 Å². The number of Topliss-reactive ketones (excluding diaryl/α,β-unsaturated/α-hetero) is 1. The molecule has 0 atom stereocenters. The zero-order valence-corrected chi connectivity index (χ0v) is 12.6. The van der Waals surface area contributed by atoms with E-state index < -0.39 is 5.97 Å². The zero-order valence-electron chi connectivity index (χ0n) is 12.6. The molecule has 3 rings (SSSR count). The van der Waals surface area contributed by atoms with Crippen LogP contribution < -0.4 is 0 Å². The number of rotatable bonds is 5. The van der Waals surface area contributed by atoms with E-state index in [9.17, 15) is 9.59 Å². The van der Waals surface area contributed by atoms with Crippen molar-refractivity contribution in [2.75, 3.05) is 7.11 Å². The van der Waals surface area contributed by atoms with Crippen LogP contribution in [0.1, 0.15) is 20.8 Å². The van der Waals surface area contributed by atoms with Crippen LogP contribution in [0.25, 0.3) is 11.5 Å². The molecule has 0 unspecified atom stereocenters. The number of methoxy groups -OCH3 is 1. The second kappa shape index (κ2) is 6.36. The first kappa shape index (κ1) is 14.8. The monoisotopic (exact) mass is 309 g/mol. The number of ether oxygens (including phenoxy) is 1. The summed E-state index contributed by atoms with van der Waals surface area (Å²) in [6.45, 7) is 0.0253. The lowest BCUT2D eigenvalue weighted by Gasteiger charge is -2.10. The van der Waals surface area contributed by atoms with E-state index in [0.717, 1.165) is 0 Å². The van der Waals surface area contributed by atoms with Crippen molar-refractivity contribution in [3.8, 4) is 11.5 Å². The molecule has 5 heteroatoms. The second-order valence-corrected chi connectivity index (χ2v) is 4.95. The summed E-state index contributed by atoms with van der Waals surface area (Å²) in [5.74, 6) is -0.00978. The number of hydrogen-bond donors (Lipinski definition) is 0. The fraction of sp³-hybridized carbons (Fsp3) is 0.111. The van der Waals surface area contributed by atoms with Crippen LogP contribution >= 0.6 is 0 Å². The van der Waals surface area contributed by atoms with Crippen LogP contribution in [0.3, 0.4) is 0 Å². The van der Waals surface area contributed by atoms with Gasteiger partial charge in [-0.15, -0.1) is 0 Å². The van der Waals surface area contributed by atoms with Gasteiger partial charge in [0.2, 0.25) is 0 Å². The summed E-state index contributed by atoms with van der Waals surface area (Å²) in [6, 6.07) is 15.8. The van der Waals surface area contributed by atoms with E-state index in [1.165, 1.54) is 7.11 Å². The van der Waals surface area contributed by atoms with E-state index in [1.807, 2.05) is 6.07 Å². The minimum absolute atomic E-state index is 0.0253. The molecule has 116 valence electrons. The van der Waals surface area contributed by atoms with Gasteiger partial charge < -0.3 is 13.7 Å². The van der Waals surface area contributed by atoms with E-state index in [-0.39, 0.29) is 12.3 Å². The summed E-state index contributed by atoms with van der Waals surface area (Å²) in [5.41, 5.74) is 1.55. The van der Waals surface area contributed by atoms with Gasteiger partial charge in [0, 0.05) is 5.56 Å². The molecular weight excluding hydrogens is 294 g/mol. The number of carbonyl (C=O) groups excluding carboxylic acids is 2. The summed E-state index contributed by atoms with van der Waals surface area (Å²) < 4.78 is 11.8. The Morgan fingerprint density at radius 2 is 1.83 bits per heavy atom. The summed E-state index contributed by atoms with van der Waals surface area (Å²) in [4.78, 5) is 24.4. The maximum absolute atomic E-state index is 12.5. The number of aromatic nitrogens is 1. The molecule has 0 radical (unpaired) electrons. The highest BCUT2D eigenvalue weighted by Crippen LogP contribution is 2.24. The second-order valence-electron chi connectivity index (χ2n) is 4.95. The van der Waals surface area contributed by atoms with Gasteiger partial charge in [-0.25, -0.2) is 4.79 Å². The average molecular weight is 309 g/mol. The summed E-state index contributed by atoms with van der Waals surface area (Å²) >= 11 is 0. The van der Waals surface area contributed by atoms with E-state index in [1.54, 1.807) is 59.4 Å². The molecule has 23 heavy (non-hydrogen) atoms. The predicted molar refractivity (Wildman–Crippen MR) is 84.2 cm³/mol. The van der Waals surface area contributed by atoms with Gasteiger partial charge in [-0.2, -0.15) is 0 Å². The molecule has 2 aromatic heterocycles. The summed E-state index contributed by atoms with van der Waals surface area (Å²) in [6.07, 6.45) is 1.55. The minimum atomic E-state index is -0.497. The van der Waals surface area contributed by atoms with Gasteiger partial charge in [-0.05, 0) is 24.3 Å². The van der Waals surface area contributed by atoms with Crippen molar-refractivity contribution in [3.63, 3.8) is 0 Å². The third kappa shape index (κ3) is 2.94. The molecule has 2 heterocycles. The summed E-state index contributed by atoms with van der Waals surface area (Å²) in [5, 5.41) is 0. The lowest BCUT2D eigenvalue weighted by atomic mass is 10.1. The number of benzene rings is 1. The molecular formula is C18H15NO4. The average Bonchev–Trinajstić information content (AvgIpc) is 3.24. The maximum Gasteiger partial charge on any atom is 0.354 e. The molecule has 3 aromatic rings. The number of furan rings is 1. The van der Waals surface area contributed by atoms with Gasteiger partial charge >= 0.3 is 5.97 Å². The molecule has 0 bridgehead atoms. The lowest BCUT2D eigenvalue weighted by Crippen LogP contribution is -2.17. The maximum atomic E-state index is 12.5. The Morgan fingerprint density at radius 3 is 2.48 bits per heavy atom. The van der Waals surface area contributed by atoms with Gasteiger partial charge in [-0.3, -0.25) is 4.79 Å². The van der Waals surface area contributed by atoms with E-state index in [4.69, 9.17) is 9.15 Å². The fourth-order valence-corrected chi connectivity index (χ4v) is 2.42. The molecule has 0 aliphatic carbocycles. The fourth-order valence-electron chi connectivity index (χ4n) is 2.42. The van der Waals surface area contributed by atoms with Gasteiger partial charge in [0.1, 0.15) is 11.5 Å². The number of esters is 1. The minimum Gasteiger partial charge on any atom is -0.464 e. The number of carbonyl (C=O) groups is 2. The van der Waals surface area contributed by atoms with Crippen molar-refractivity contribution >= 4 is 11.8 Å². The molecule has 0 fully saturated rings. The smallest absolute Gasteiger partial charge is 0.354 e. The van der Waals surface area contributed by atoms with Crippen LogP contribution in [-0.4, -0.2) is 23.4 Å². The van der Waals surface area contributed by atoms with E-state index in [2.05, 4.69) is 0 Å². The molecule has 1 aromatic carbocycles. The molecule has 5 nitrogen and oxygen atoms in total. The van der Waals surface area contributed by atoms with Crippen LogP contribution in [0.2, 0.25) is 0 Å². The van der Waals surface area contributed by atoms with Crippen molar-refractivity contribution in [2.45, 2.75) is 6.54 Å². The highest BCUT2D eigenvalue weighted by Gasteiger charge is 2.20. The molecule has 0 saturated heterocycles. The highest BCUT2D eigenvalue weighted by atomic mass is 16.5. The first-order valence-corrected chi connectivity index (χ1v) is 7.10. The molecule has 0 saturated carbocycles. The standard InChI is InChI=1S/C18H15NO4/c1-22-18(21)15-10-9-14(17-8-5-11-23-17)19(15)12-16(20)13-6-3-2-4-7-13/h2-11H,12H2,1H3. The molecule has 0 amide bonds. The largest absolute Gasteiger partial charge is 0.464 e. The van der Waals surface area contributed by atoms with E-state index in [0.29, 0.717) is 22.7 Å². The number of hydrogen-bond acceptors (Lipinski definition) is 4. The van der Waals surface area contributed by atoms with Crippen LogP contribution in [0.4, 0.5) is 0 Å². The Morgan fingerprint density at radius 1 is 1.04 bits per heavy atom.